The van der Waals surface area contributed by atoms with Crippen LogP contribution in [0.3, 0.4) is 0 Å². The van der Waals surface area contributed by atoms with Crippen molar-refractivity contribution >= 4 is 0 Å². The third kappa shape index (κ3) is 3.58. The van der Waals surface area contributed by atoms with Gasteiger partial charge in [-0.2, -0.15) is 0 Å². The molecule has 100 valence electrons. The highest BCUT2D eigenvalue weighted by Gasteiger charge is 2.16. The minimum atomic E-state index is 0.129. The van der Waals surface area contributed by atoms with Crippen LogP contribution in [-0.2, 0) is 6.42 Å². The van der Waals surface area contributed by atoms with Crippen LogP contribution in [-0.4, -0.2) is 13.2 Å². The fraction of sp³-hybridized carbons (Fsp3) is 0.294. The lowest BCUT2D eigenvalue weighted by Gasteiger charge is -2.21. The Labute approximate surface area is 115 Å². The van der Waals surface area contributed by atoms with Crippen LogP contribution in [0.15, 0.2) is 54.6 Å². The number of benzene rings is 2. The Balaban J connectivity index is 2.17. The van der Waals surface area contributed by atoms with Crippen molar-refractivity contribution in [3.05, 3.63) is 65.7 Å². The summed E-state index contributed by atoms with van der Waals surface area (Å²) in [5, 5.41) is 0. The quantitative estimate of drug-likeness (QED) is 0.889. The third-order valence-electron chi connectivity index (χ3n) is 3.48. The molecular weight excluding hydrogens is 234 g/mol. The van der Waals surface area contributed by atoms with E-state index in [2.05, 4.69) is 43.3 Å². The van der Waals surface area contributed by atoms with Crippen molar-refractivity contribution in [2.24, 2.45) is 5.73 Å². The topological polar surface area (TPSA) is 35.2 Å². The zero-order chi connectivity index (χ0) is 13.7. The van der Waals surface area contributed by atoms with Crippen LogP contribution < -0.4 is 10.5 Å². The molecule has 2 atom stereocenters. The molecule has 0 amide bonds. The zero-order valence-electron chi connectivity index (χ0n) is 11.5. The summed E-state index contributed by atoms with van der Waals surface area (Å²) in [4.78, 5) is 0. The normalized spacial score (nSPS) is 13.8. The largest absolute Gasteiger partial charge is 0.497 e. The molecule has 0 aromatic heterocycles. The van der Waals surface area contributed by atoms with Crippen molar-refractivity contribution in [3.8, 4) is 5.75 Å². The highest BCUT2D eigenvalue weighted by molar-refractivity contribution is 5.30. The average Bonchev–Trinajstić information content (AvgIpc) is 2.46. The van der Waals surface area contributed by atoms with Gasteiger partial charge in [-0.05, 0) is 36.6 Å². The Morgan fingerprint density at radius 3 is 2.16 bits per heavy atom. The number of methoxy groups -OCH3 is 1. The molecule has 0 saturated heterocycles. The van der Waals surface area contributed by atoms with Gasteiger partial charge in [0.15, 0.2) is 0 Å². The summed E-state index contributed by atoms with van der Waals surface area (Å²) in [5.74, 6) is 1.23. The van der Waals surface area contributed by atoms with Crippen molar-refractivity contribution in [1.82, 2.24) is 0 Å². The molecule has 0 aliphatic rings. The first-order valence-corrected chi connectivity index (χ1v) is 6.64. The number of hydrogen-bond acceptors (Lipinski definition) is 2. The predicted octanol–water partition coefficient (Wildman–Crippen LogP) is 3.37. The molecule has 0 aliphatic heterocycles. The Kier molecular flexibility index (Phi) is 4.58. The molecule has 2 aromatic carbocycles. The lowest BCUT2D eigenvalue weighted by molar-refractivity contribution is 0.414. The van der Waals surface area contributed by atoms with Crippen molar-refractivity contribution in [3.63, 3.8) is 0 Å². The van der Waals surface area contributed by atoms with Gasteiger partial charge >= 0.3 is 0 Å². The van der Waals surface area contributed by atoms with E-state index < -0.39 is 0 Å². The fourth-order valence-corrected chi connectivity index (χ4v) is 2.32. The summed E-state index contributed by atoms with van der Waals surface area (Å²) >= 11 is 0. The Hall–Kier alpha value is -1.80. The summed E-state index contributed by atoms with van der Waals surface area (Å²) in [6, 6.07) is 18.8. The van der Waals surface area contributed by atoms with Crippen LogP contribution in [0.1, 0.15) is 24.0 Å². The summed E-state index contributed by atoms with van der Waals surface area (Å²) in [6.45, 7) is 2.07. The van der Waals surface area contributed by atoms with Gasteiger partial charge in [0.1, 0.15) is 5.75 Å². The summed E-state index contributed by atoms with van der Waals surface area (Å²) in [6.07, 6.45) is 0.950. The minimum Gasteiger partial charge on any atom is -0.497 e. The zero-order valence-corrected chi connectivity index (χ0v) is 11.5. The van der Waals surface area contributed by atoms with Crippen molar-refractivity contribution in [2.75, 3.05) is 7.11 Å². The van der Waals surface area contributed by atoms with Crippen molar-refractivity contribution in [2.45, 2.75) is 25.3 Å². The van der Waals surface area contributed by atoms with Gasteiger partial charge in [0.25, 0.3) is 0 Å². The van der Waals surface area contributed by atoms with Crippen LogP contribution >= 0.6 is 0 Å². The van der Waals surface area contributed by atoms with Crippen molar-refractivity contribution in [1.29, 1.82) is 0 Å². The molecule has 2 nitrogen and oxygen atoms in total. The van der Waals surface area contributed by atoms with E-state index in [-0.39, 0.29) is 6.04 Å². The maximum atomic E-state index is 6.15. The average molecular weight is 255 g/mol. The van der Waals surface area contributed by atoms with Gasteiger partial charge in [0, 0.05) is 12.0 Å². The molecule has 0 bridgehead atoms. The number of rotatable bonds is 5. The highest BCUT2D eigenvalue weighted by Crippen LogP contribution is 2.24. The first kappa shape index (κ1) is 13.6. The van der Waals surface area contributed by atoms with Gasteiger partial charge in [-0.15, -0.1) is 0 Å². The van der Waals surface area contributed by atoms with Gasteiger partial charge in [0.2, 0.25) is 0 Å². The third-order valence-corrected chi connectivity index (χ3v) is 3.48. The van der Waals surface area contributed by atoms with Gasteiger partial charge < -0.3 is 10.5 Å². The van der Waals surface area contributed by atoms with Gasteiger partial charge in [-0.3, -0.25) is 0 Å². The standard InChI is InChI=1S/C17H21NO/c1-13(18)17(15-6-4-3-5-7-15)12-14-8-10-16(19-2)11-9-14/h3-11,13,17H,12,18H2,1-2H3/t13-,17-/m1/s1. The summed E-state index contributed by atoms with van der Waals surface area (Å²) in [5.41, 5.74) is 8.73. The lowest BCUT2D eigenvalue weighted by atomic mass is 9.87. The molecule has 0 fully saturated rings. The number of ether oxygens (including phenoxy) is 1. The second-order valence-electron chi connectivity index (χ2n) is 4.93. The number of hydrogen-bond donors (Lipinski definition) is 1. The minimum absolute atomic E-state index is 0.129. The Bertz CT molecular complexity index is 490. The second kappa shape index (κ2) is 6.39. The smallest absolute Gasteiger partial charge is 0.118 e. The molecule has 2 heteroatoms. The molecule has 2 N–H and O–H groups in total. The Morgan fingerprint density at radius 2 is 1.63 bits per heavy atom. The van der Waals surface area contributed by atoms with E-state index in [1.165, 1.54) is 11.1 Å². The van der Waals surface area contributed by atoms with E-state index in [0.29, 0.717) is 5.92 Å². The SMILES string of the molecule is COc1ccc(C[C@@H](c2ccccc2)[C@@H](C)N)cc1. The molecular formula is C17H21NO. The molecule has 2 aromatic rings. The maximum absolute atomic E-state index is 6.15. The fourth-order valence-electron chi connectivity index (χ4n) is 2.32. The van der Waals surface area contributed by atoms with E-state index in [4.69, 9.17) is 10.5 Å². The maximum Gasteiger partial charge on any atom is 0.118 e. The second-order valence-corrected chi connectivity index (χ2v) is 4.93. The van der Waals surface area contributed by atoms with E-state index in [0.717, 1.165) is 12.2 Å². The van der Waals surface area contributed by atoms with Gasteiger partial charge in [0.05, 0.1) is 7.11 Å². The van der Waals surface area contributed by atoms with E-state index >= 15 is 0 Å². The molecule has 2 rings (SSSR count). The van der Waals surface area contributed by atoms with Crippen LogP contribution in [0.25, 0.3) is 0 Å². The molecule has 19 heavy (non-hydrogen) atoms. The molecule has 0 saturated carbocycles. The molecule has 0 aliphatic carbocycles. The van der Waals surface area contributed by atoms with E-state index in [9.17, 15) is 0 Å². The molecule has 0 spiro atoms. The van der Waals surface area contributed by atoms with E-state index in [1.807, 2.05) is 18.2 Å². The predicted molar refractivity (Wildman–Crippen MR) is 79.5 cm³/mol. The molecule has 0 radical (unpaired) electrons. The molecule has 0 heterocycles. The van der Waals surface area contributed by atoms with Crippen LogP contribution in [0.5, 0.6) is 5.75 Å². The summed E-state index contributed by atoms with van der Waals surface area (Å²) < 4.78 is 5.18. The molecule has 0 unspecified atom stereocenters. The van der Waals surface area contributed by atoms with Crippen molar-refractivity contribution < 1.29 is 4.74 Å². The highest BCUT2D eigenvalue weighted by atomic mass is 16.5. The van der Waals surface area contributed by atoms with Crippen LogP contribution in [0.4, 0.5) is 0 Å². The lowest BCUT2D eigenvalue weighted by Crippen LogP contribution is -2.26. The van der Waals surface area contributed by atoms with Crippen LogP contribution in [0, 0.1) is 0 Å². The van der Waals surface area contributed by atoms with Gasteiger partial charge in [-0.25, -0.2) is 0 Å². The van der Waals surface area contributed by atoms with Gasteiger partial charge in [-0.1, -0.05) is 42.5 Å². The number of nitrogens with two attached hydrogens (primary N) is 1. The first-order valence-electron chi connectivity index (χ1n) is 6.64. The first-order chi connectivity index (χ1) is 9.20. The monoisotopic (exact) mass is 255 g/mol. The Morgan fingerprint density at radius 1 is 1.00 bits per heavy atom. The van der Waals surface area contributed by atoms with Crippen LogP contribution in [0.2, 0.25) is 0 Å². The summed E-state index contributed by atoms with van der Waals surface area (Å²) in [7, 11) is 1.68. The van der Waals surface area contributed by atoms with E-state index in [1.54, 1.807) is 7.11 Å².